The van der Waals surface area contributed by atoms with Gasteiger partial charge in [-0.1, -0.05) is 32.9 Å². The summed E-state index contributed by atoms with van der Waals surface area (Å²) in [6.07, 6.45) is 1.17. The predicted octanol–water partition coefficient (Wildman–Crippen LogP) is 3.84. The van der Waals surface area contributed by atoms with Crippen LogP contribution in [0.5, 0.6) is 0 Å². The first-order valence-electron chi connectivity index (χ1n) is 5.46. The number of nitrogens with one attached hydrogen (secondary N) is 1. The molecule has 0 unspecified atom stereocenters. The lowest BCUT2D eigenvalue weighted by molar-refractivity contribution is 0.511. The summed E-state index contributed by atoms with van der Waals surface area (Å²) in [6.45, 7) is 8.88. The van der Waals surface area contributed by atoms with Crippen molar-refractivity contribution in [1.82, 2.24) is 0 Å². The maximum Gasteiger partial charge on any atom is 0.0345 e. The Kier molecular flexibility index (Phi) is 3.99. The fraction of sp³-hybridized carbons (Fsp3) is 0.538. The SMILES string of the molecule is CC[C@H](Nc1cccc(C)c1)C(C)C. The second-order valence-electron chi connectivity index (χ2n) is 4.27. The van der Waals surface area contributed by atoms with Crippen molar-refractivity contribution in [3.63, 3.8) is 0 Å². The highest BCUT2D eigenvalue weighted by Gasteiger charge is 2.09. The molecule has 1 atom stereocenters. The van der Waals surface area contributed by atoms with Crippen LogP contribution in [0.2, 0.25) is 0 Å². The zero-order chi connectivity index (χ0) is 10.6. The molecule has 0 fully saturated rings. The highest BCUT2D eigenvalue weighted by Crippen LogP contribution is 2.15. The van der Waals surface area contributed by atoms with E-state index in [2.05, 4.69) is 57.3 Å². The van der Waals surface area contributed by atoms with Gasteiger partial charge in [0.15, 0.2) is 0 Å². The summed E-state index contributed by atoms with van der Waals surface area (Å²) in [4.78, 5) is 0. The van der Waals surface area contributed by atoms with Crippen LogP contribution in [0, 0.1) is 12.8 Å². The van der Waals surface area contributed by atoms with Crippen molar-refractivity contribution in [3.8, 4) is 0 Å². The summed E-state index contributed by atoms with van der Waals surface area (Å²) < 4.78 is 0. The molecule has 0 radical (unpaired) electrons. The molecule has 0 bridgehead atoms. The summed E-state index contributed by atoms with van der Waals surface area (Å²) in [7, 11) is 0. The molecular weight excluding hydrogens is 170 g/mol. The van der Waals surface area contributed by atoms with Gasteiger partial charge in [-0.2, -0.15) is 0 Å². The van der Waals surface area contributed by atoms with Gasteiger partial charge in [0.2, 0.25) is 0 Å². The number of hydrogen-bond donors (Lipinski definition) is 1. The quantitative estimate of drug-likeness (QED) is 0.762. The summed E-state index contributed by atoms with van der Waals surface area (Å²) in [5, 5.41) is 3.57. The Bertz CT molecular complexity index is 278. The van der Waals surface area contributed by atoms with E-state index >= 15 is 0 Å². The van der Waals surface area contributed by atoms with Crippen molar-refractivity contribution in [2.75, 3.05) is 5.32 Å². The van der Waals surface area contributed by atoms with Crippen LogP contribution in [0.15, 0.2) is 24.3 Å². The molecule has 0 saturated carbocycles. The van der Waals surface area contributed by atoms with Crippen LogP contribution in [0.3, 0.4) is 0 Å². The zero-order valence-electron chi connectivity index (χ0n) is 9.67. The number of anilines is 1. The maximum absolute atomic E-state index is 3.57. The molecule has 0 aliphatic heterocycles. The normalized spacial score (nSPS) is 12.9. The Morgan fingerprint density at radius 1 is 1.29 bits per heavy atom. The summed E-state index contributed by atoms with van der Waals surface area (Å²) >= 11 is 0. The molecular formula is C13H21N. The van der Waals surface area contributed by atoms with Crippen molar-refractivity contribution >= 4 is 5.69 Å². The standard InChI is InChI=1S/C13H21N/c1-5-13(10(2)3)14-12-8-6-7-11(4)9-12/h6-10,13-14H,5H2,1-4H3/t13-/m0/s1. The average Bonchev–Trinajstić information content (AvgIpc) is 2.14. The maximum atomic E-state index is 3.57. The van der Waals surface area contributed by atoms with E-state index in [9.17, 15) is 0 Å². The van der Waals surface area contributed by atoms with Crippen molar-refractivity contribution in [2.45, 2.75) is 40.2 Å². The van der Waals surface area contributed by atoms with E-state index in [1.165, 1.54) is 17.7 Å². The van der Waals surface area contributed by atoms with Gasteiger partial charge in [-0.3, -0.25) is 0 Å². The topological polar surface area (TPSA) is 12.0 Å². The van der Waals surface area contributed by atoms with Crippen molar-refractivity contribution < 1.29 is 0 Å². The minimum atomic E-state index is 0.580. The summed E-state index contributed by atoms with van der Waals surface area (Å²) in [5.74, 6) is 0.681. The molecule has 1 aromatic rings. The Labute approximate surface area is 87.5 Å². The third kappa shape index (κ3) is 3.06. The van der Waals surface area contributed by atoms with Gasteiger partial charge in [0.25, 0.3) is 0 Å². The van der Waals surface area contributed by atoms with Gasteiger partial charge in [0.1, 0.15) is 0 Å². The molecule has 1 heteroatoms. The molecule has 0 aliphatic carbocycles. The Morgan fingerprint density at radius 2 is 2.00 bits per heavy atom. The van der Waals surface area contributed by atoms with Crippen LogP contribution in [0.4, 0.5) is 5.69 Å². The second kappa shape index (κ2) is 5.04. The first kappa shape index (κ1) is 11.1. The Hall–Kier alpha value is -0.980. The van der Waals surface area contributed by atoms with Crippen molar-refractivity contribution in [1.29, 1.82) is 0 Å². The monoisotopic (exact) mass is 191 g/mol. The van der Waals surface area contributed by atoms with E-state index in [0.29, 0.717) is 12.0 Å². The van der Waals surface area contributed by atoms with Gasteiger partial charge in [0.05, 0.1) is 0 Å². The van der Waals surface area contributed by atoms with Crippen molar-refractivity contribution in [2.24, 2.45) is 5.92 Å². The van der Waals surface area contributed by atoms with Gasteiger partial charge in [0, 0.05) is 11.7 Å². The van der Waals surface area contributed by atoms with Crippen LogP contribution < -0.4 is 5.32 Å². The van der Waals surface area contributed by atoms with Crippen LogP contribution in [0.25, 0.3) is 0 Å². The first-order valence-corrected chi connectivity index (χ1v) is 5.46. The molecule has 1 rings (SSSR count). The molecule has 0 saturated heterocycles. The van der Waals surface area contributed by atoms with Gasteiger partial charge < -0.3 is 5.32 Å². The molecule has 0 heterocycles. The van der Waals surface area contributed by atoms with Gasteiger partial charge in [-0.25, -0.2) is 0 Å². The number of hydrogen-bond acceptors (Lipinski definition) is 1. The lowest BCUT2D eigenvalue weighted by Gasteiger charge is -2.22. The summed E-state index contributed by atoms with van der Waals surface area (Å²) in [6, 6.07) is 9.15. The molecule has 78 valence electrons. The second-order valence-corrected chi connectivity index (χ2v) is 4.27. The minimum absolute atomic E-state index is 0.580. The fourth-order valence-corrected chi connectivity index (χ4v) is 1.69. The van der Waals surface area contributed by atoms with Gasteiger partial charge >= 0.3 is 0 Å². The van der Waals surface area contributed by atoms with Crippen LogP contribution in [0.1, 0.15) is 32.8 Å². The molecule has 0 aromatic heterocycles. The highest BCUT2D eigenvalue weighted by atomic mass is 14.9. The number of aryl methyl sites for hydroxylation is 1. The van der Waals surface area contributed by atoms with Crippen molar-refractivity contribution in [3.05, 3.63) is 29.8 Å². The van der Waals surface area contributed by atoms with Gasteiger partial charge in [-0.15, -0.1) is 0 Å². The van der Waals surface area contributed by atoms with Crippen LogP contribution >= 0.6 is 0 Å². The predicted molar refractivity (Wildman–Crippen MR) is 63.7 cm³/mol. The van der Waals surface area contributed by atoms with Crippen LogP contribution in [-0.2, 0) is 0 Å². The number of rotatable bonds is 4. The van der Waals surface area contributed by atoms with E-state index < -0.39 is 0 Å². The first-order chi connectivity index (χ1) is 6.63. The third-order valence-electron chi connectivity index (χ3n) is 2.61. The summed E-state index contributed by atoms with van der Waals surface area (Å²) in [5.41, 5.74) is 2.55. The molecule has 0 spiro atoms. The number of benzene rings is 1. The lowest BCUT2D eigenvalue weighted by atomic mass is 10.0. The largest absolute Gasteiger partial charge is 0.382 e. The van der Waals surface area contributed by atoms with Gasteiger partial charge in [-0.05, 0) is 37.0 Å². The van der Waals surface area contributed by atoms with E-state index in [0.717, 1.165) is 0 Å². The molecule has 14 heavy (non-hydrogen) atoms. The van der Waals surface area contributed by atoms with E-state index in [1.807, 2.05) is 0 Å². The molecule has 0 aliphatic rings. The zero-order valence-corrected chi connectivity index (χ0v) is 9.67. The Balaban J connectivity index is 2.67. The lowest BCUT2D eigenvalue weighted by Crippen LogP contribution is -2.24. The van der Waals surface area contributed by atoms with E-state index in [4.69, 9.17) is 0 Å². The molecule has 1 nitrogen and oxygen atoms in total. The fourth-order valence-electron chi connectivity index (χ4n) is 1.69. The van der Waals surface area contributed by atoms with E-state index in [1.54, 1.807) is 0 Å². The molecule has 1 N–H and O–H groups in total. The highest BCUT2D eigenvalue weighted by molar-refractivity contribution is 5.46. The Morgan fingerprint density at radius 3 is 2.50 bits per heavy atom. The third-order valence-corrected chi connectivity index (χ3v) is 2.61. The van der Waals surface area contributed by atoms with Crippen LogP contribution in [-0.4, -0.2) is 6.04 Å². The van der Waals surface area contributed by atoms with E-state index in [-0.39, 0.29) is 0 Å². The molecule has 0 amide bonds. The minimum Gasteiger partial charge on any atom is -0.382 e. The smallest absolute Gasteiger partial charge is 0.0345 e. The molecule has 1 aromatic carbocycles. The average molecular weight is 191 g/mol.